The Hall–Kier alpha value is -2.34. The second-order valence-electron chi connectivity index (χ2n) is 15.7. The molecule has 0 bridgehead atoms. The largest absolute Gasteiger partial charge is 0.0953 e. The van der Waals surface area contributed by atoms with Crippen LogP contribution < -0.4 is 0 Å². The van der Waals surface area contributed by atoms with Gasteiger partial charge in [0.2, 0.25) is 0 Å². The van der Waals surface area contributed by atoms with E-state index in [4.69, 9.17) is 6.58 Å². The van der Waals surface area contributed by atoms with Gasteiger partial charge in [0.15, 0.2) is 0 Å². The molecule has 4 rings (SSSR count). The summed E-state index contributed by atoms with van der Waals surface area (Å²) in [5.74, 6) is 4.25. The smallest absolute Gasteiger partial charge is 0.00229 e. The predicted octanol–water partition coefficient (Wildman–Crippen LogP) is 15.6. The molecule has 0 radical (unpaired) electrons. The highest BCUT2D eigenvalue weighted by molar-refractivity contribution is 5.64. The van der Waals surface area contributed by atoms with Gasteiger partial charge in [0.25, 0.3) is 0 Å². The fraction of sp³-hybridized carbons (Fsp3) is 0.625. The first-order valence-electron chi connectivity index (χ1n) is 20.4. The molecule has 0 heteroatoms. The minimum absolute atomic E-state index is 0.387. The molecule has 0 spiro atoms. The van der Waals surface area contributed by atoms with Gasteiger partial charge in [0, 0.05) is 0 Å². The van der Waals surface area contributed by atoms with E-state index in [0.717, 1.165) is 36.5 Å². The minimum atomic E-state index is 0.387. The van der Waals surface area contributed by atoms with Crippen LogP contribution in [0.5, 0.6) is 0 Å². The second kappa shape index (κ2) is 20.4. The number of hydrogen-bond donors (Lipinski definition) is 0. The Morgan fingerprint density at radius 1 is 0.917 bits per heavy atom. The lowest BCUT2D eigenvalue weighted by molar-refractivity contribution is 0.247. The molecule has 0 heterocycles. The molecule has 1 saturated carbocycles. The van der Waals surface area contributed by atoms with E-state index in [1.165, 1.54) is 129 Å². The van der Waals surface area contributed by atoms with Crippen molar-refractivity contribution in [1.82, 2.24) is 0 Å². The van der Waals surface area contributed by atoms with Crippen molar-refractivity contribution >= 4 is 5.57 Å². The highest BCUT2D eigenvalue weighted by Crippen LogP contribution is 2.44. The summed E-state index contributed by atoms with van der Waals surface area (Å²) in [5, 5.41) is 0. The lowest BCUT2D eigenvalue weighted by Gasteiger charge is -2.32. The Morgan fingerprint density at radius 2 is 1.60 bits per heavy atom. The molecule has 266 valence electrons. The zero-order valence-electron chi connectivity index (χ0n) is 32.9. The molecule has 0 aromatic heterocycles. The SMILES string of the molecule is C=C1CC(C(=C)[C@H](C)[C@H](CCC2CCC(CC)CC2)c2cccc(C(=C)C[C@H](CC)CCC)c2)=C/C1=C/C1=C(C)CC[C@H](CC)C1.CC. The molecule has 0 unspecified atom stereocenters. The Labute approximate surface area is 299 Å². The highest BCUT2D eigenvalue weighted by Gasteiger charge is 2.29. The van der Waals surface area contributed by atoms with Crippen molar-refractivity contribution in [3.63, 3.8) is 0 Å². The van der Waals surface area contributed by atoms with Crippen LogP contribution in [0.1, 0.15) is 175 Å². The molecule has 3 aliphatic carbocycles. The van der Waals surface area contributed by atoms with Gasteiger partial charge in [-0.15, -0.1) is 0 Å². The van der Waals surface area contributed by atoms with E-state index in [2.05, 4.69) is 91.1 Å². The van der Waals surface area contributed by atoms with Gasteiger partial charge in [-0.05, 0) is 132 Å². The first-order chi connectivity index (χ1) is 23.2. The van der Waals surface area contributed by atoms with Crippen LogP contribution in [-0.2, 0) is 0 Å². The first kappa shape index (κ1) is 40.1. The summed E-state index contributed by atoms with van der Waals surface area (Å²) >= 11 is 0. The first-order valence-corrected chi connectivity index (χ1v) is 20.4. The Kier molecular flexibility index (Phi) is 17.0. The molecule has 0 N–H and O–H groups in total. The van der Waals surface area contributed by atoms with Crippen LogP contribution in [0.2, 0.25) is 0 Å². The molecule has 0 nitrogen and oxygen atoms in total. The topological polar surface area (TPSA) is 0 Å². The summed E-state index contributed by atoms with van der Waals surface area (Å²) in [6.07, 6.45) is 25.5. The molecule has 4 atom stereocenters. The summed E-state index contributed by atoms with van der Waals surface area (Å²) in [5.41, 5.74) is 12.6. The van der Waals surface area contributed by atoms with Gasteiger partial charge in [-0.1, -0.05) is 168 Å². The monoisotopic (exact) mass is 651 g/mol. The van der Waals surface area contributed by atoms with Crippen LogP contribution in [0.3, 0.4) is 0 Å². The number of hydrogen-bond acceptors (Lipinski definition) is 0. The predicted molar refractivity (Wildman–Crippen MR) is 216 cm³/mol. The summed E-state index contributed by atoms with van der Waals surface area (Å²) in [4.78, 5) is 0. The van der Waals surface area contributed by atoms with Crippen LogP contribution in [0.25, 0.3) is 5.57 Å². The standard InChI is InChI=1S/C46H68.C2H6/c1-10-15-38(12-3)26-33(6)41-16-14-17-42(29-41)46(25-24-40-22-20-37(11-2)21-23-40)36(9)35(8)45-27-34(7)44(31-45)30-43-28-39(13-4)19-18-32(43)5;1-2/h14,16-17,29-31,36-40,46H,6-8,10-13,15,18-28H2,1-5,9H3;1-2H3/b44-30-;/t36-,37?,38+,39-,40?,46-;/m0./s1. The number of allylic oxidation sites excluding steroid dienone is 9. The van der Waals surface area contributed by atoms with E-state index in [0.29, 0.717) is 11.8 Å². The maximum Gasteiger partial charge on any atom is -0.00229 e. The van der Waals surface area contributed by atoms with Crippen LogP contribution in [0.4, 0.5) is 0 Å². The van der Waals surface area contributed by atoms with E-state index in [9.17, 15) is 0 Å². The van der Waals surface area contributed by atoms with Gasteiger partial charge in [0.1, 0.15) is 0 Å². The van der Waals surface area contributed by atoms with Gasteiger partial charge < -0.3 is 0 Å². The van der Waals surface area contributed by atoms with Crippen molar-refractivity contribution in [2.45, 2.75) is 164 Å². The zero-order chi connectivity index (χ0) is 35.2. The maximum atomic E-state index is 4.82. The van der Waals surface area contributed by atoms with Crippen molar-refractivity contribution in [2.75, 3.05) is 0 Å². The van der Waals surface area contributed by atoms with Crippen molar-refractivity contribution in [3.05, 3.63) is 101 Å². The molecule has 1 aromatic rings. The van der Waals surface area contributed by atoms with Crippen molar-refractivity contribution in [1.29, 1.82) is 0 Å². The summed E-state index contributed by atoms with van der Waals surface area (Å²) in [6.45, 7) is 32.1. The van der Waals surface area contributed by atoms with Gasteiger partial charge in [0.05, 0.1) is 0 Å². The molecule has 1 fully saturated rings. The van der Waals surface area contributed by atoms with Gasteiger partial charge in [-0.25, -0.2) is 0 Å². The highest BCUT2D eigenvalue weighted by atomic mass is 14.3. The molecular weight excluding hydrogens is 577 g/mol. The third kappa shape index (κ3) is 11.1. The summed E-state index contributed by atoms with van der Waals surface area (Å²) in [7, 11) is 0. The third-order valence-corrected chi connectivity index (χ3v) is 12.6. The average molecular weight is 651 g/mol. The molecule has 0 saturated heterocycles. The Morgan fingerprint density at radius 3 is 2.25 bits per heavy atom. The van der Waals surface area contributed by atoms with Crippen LogP contribution in [-0.4, -0.2) is 0 Å². The van der Waals surface area contributed by atoms with E-state index < -0.39 is 0 Å². The van der Waals surface area contributed by atoms with Gasteiger partial charge in [-0.3, -0.25) is 0 Å². The average Bonchev–Trinajstić information content (AvgIpc) is 3.49. The van der Waals surface area contributed by atoms with E-state index in [1.54, 1.807) is 11.1 Å². The lowest BCUT2D eigenvalue weighted by atomic mass is 9.73. The third-order valence-electron chi connectivity index (χ3n) is 12.6. The maximum absolute atomic E-state index is 4.82. The fourth-order valence-electron chi connectivity index (χ4n) is 8.81. The van der Waals surface area contributed by atoms with Gasteiger partial charge in [-0.2, -0.15) is 0 Å². The molecule has 48 heavy (non-hydrogen) atoms. The zero-order valence-corrected chi connectivity index (χ0v) is 32.9. The molecular formula is C48H74. The number of rotatable bonds is 16. The van der Waals surface area contributed by atoms with E-state index in [1.807, 2.05) is 13.8 Å². The summed E-state index contributed by atoms with van der Waals surface area (Å²) in [6, 6.07) is 9.50. The normalized spacial score (nSPS) is 24.1. The lowest BCUT2D eigenvalue weighted by Crippen LogP contribution is -2.18. The molecule has 1 aromatic carbocycles. The summed E-state index contributed by atoms with van der Waals surface area (Å²) < 4.78 is 0. The Bertz CT molecular complexity index is 1280. The van der Waals surface area contributed by atoms with E-state index in [-0.39, 0.29) is 0 Å². The van der Waals surface area contributed by atoms with Gasteiger partial charge >= 0.3 is 0 Å². The van der Waals surface area contributed by atoms with Crippen LogP contribution in [0, 0.1) is 29.6 Å². The minimum Gasteiger partial charge on any atom is -0.0953 e. The molecule has 0 amide bonds. The van der Waals surface area contributed by atoms with Crippen molar-refractivity contribution in [3.8, 4) is 0 Å². The Balaban J connectivity index is 0.00000307. The molecule has 0 aliphatic heterocycles. The van der Waals surface area contributed by atoms with Crippen molar-refractivity contribution < 1.29 is 0 Å². The fourth-order valence-corrected chi connectivity index (χ4v) is 8.81. The van der Waals surface area contributed by atoms with Crippen molar-refractivity contribution in [2.24, 2.45) is 29.6 Å². The molecule has 3 aliphatic rings. The van der Waals surface area contributed by atoms with Crippen LogP contribution >= 0.6 is 0 Å². The van der Waals surface area contributed by atoms with E-state index >= 15 is 0 Å². The van der Waals surface area contributed by atoms with Crippen LogP contribution in [0.15, 0.2) is 89.6 Å². The quantitative estimate of drug-likeness (QED) is 0.167. The number of benzene rings is 1. The second-order valence-corrected chi connectivity index (χ2v) is 15.7.